The summed E-state index contributed by atoms with van der Waals surface area (Å²) in [5.74, 6) is -3.19. The van der Waals surface area contributed by atoms with Crippen LogP contribution in [0.15, 0.2) is 15.9 Å². The molecule has 0 aliphatic heterocycles. The van der Waals surface area contributed by atoms with Crippen molar-refractivity contribution in [3.8, 4) is 11.5 Å². The van der Waals surface area contributed by atoms with E-state index in [0.717, 1.165) is 23.5 Å². The van der Waals surface area contributed by atoms with Gasteiger partial charge in [-0.3, -0.25) is 9.59 Å². The summed E-state index contributed by atoms with van der Waals surface area (Å²) in [6, 6.07) is -0.664. The average molecular weight is 391 g/mol. The molecule has 0 saturated carbocycles. The number of benzene rings is 1. The molecule has 2 atom stereocenters. The topological polar surface area (TPSA) is 193 Å². The molecule has 11 heteroatoms. The van der Waals surface area contributed by atoms with Gasteiger partial charge < -0.3 is 37.6 Å². The SMILES string of the molecule is NCCc1cc(SC[C@H](N)C(=O)O)c(O)c(O)c1SC[C@H](N)C(=O)O. The molecule has 25 heavy (non-hydrogen) atoms. The lowest BCUT2D eigenvalue weighted by molar-refractivity contribution is -0.138. The molecule has 1 aromatic carbocycles. The first-order valence-corrected chi connectivity index (χ1v) is 9.16. The summed E-state index contributed by atoms with van der Waals surface area (Å²) in [6.07, 6.45) is 0.372. The fraction of sp³-hybridized carbons (Fsp3) is 0.429. The highest BCUT2D eigenvalue weighted by Crippen LogP contribution is 2.45. The fourth-order valence-corrected chi connectivity index (χ4v) is 3.81. The van der Waals surface area contributed by atoms with Crippen molar-refractivity contribution in [1.29, 1.82) is 0 Å². The second-order valence-corrected chi connectivity index (χ2v) is 7.20. The monoisotopic (exact) mass is 391 g/mol. The number of phenols is 2. The number of carbonyl (C=O) groups is 2. The van der Waals surface area contributed by atoms with E-state index in [-0.39, 0.29) is 22.9 Å². The normalized spacial score (nSPS) is 13.4. The molecule has 0 unspecified atom stereocenters. The van der Waals surface area contributed by atoms with E-state index in [0.29, 0.717) is 16.9 Å². The van der Waals surface area contributed by atoms with E-state index in [2.05, 4.69) is 0 Å². The van der Waals surface area contributed by atoms with Crippen molar-refractivity contribution >= 4 is 35.5 Å². The number of hydrogen-bond acceptors (Lipinski definition) is 9. The Bertz CT molecular complexity index is 643. The van der Waals surface area contributed by atoms with Crippen LogP contribution in [0.4, 0.5) is 0 Å². The van der Waals surface area contributed by atoms with Crippen LogP contribution in [-0.4, -0.2) is 62.5 Å². The first-order valence-electron chi connectivity index (χ1n) is 7.19. The van der Waals surface area contributed by atoms with Gasteiger partial charge in [0.25, 0.3) is 0 Å². The predicted molar refractivity (Wildman–Crippen MR) is 95.2 cm³/mol. The molecule has 1 aromatic rings. The Morgan fingerprint density at radius 3 is 2.00 bits per heavy atom. The molecule has 10 N–H and O–H groups in total. The molecular weight excluding hydrogens is 370 g/mol. The summed E-state index contributed by atoms with van der Waals surface area (Å²) < 4.78 is 0. The number of hydrogen-bond donors (Lipinski definition) is 7. The lowest BCUT2D eigenvalue weighted by Gasteiger charge is -2.16. The maximum absolute atomic E-state index is 10.8. The number of aromatic hydroxyl groups is 2. The Hall–Kier alpha value is -1.66. The standard InChI is InChI=1S/C14H21N3O6S2/c15-2-1-6-3-9(24-4-7(16)13(20)21)10(18)11(19)12(6)25-5-8(17)14(22)23/h3,7-8,18-19H,1-2,4-5,15-17H2,(H,20,21)(H,22,23)/t7-,8-/m0/s1. The molecule has 0 aliphatic carbocycles. The molecule has 1 rings (SSSR count). The van der Waals surface area contributed by atoms with E-state index in [1.807, 2.05) is 0 Å². The summed E-state index contributed by atoms with van der Waals surface area (Å²) in [7, 11) is 0. The maximum Gasteiger partial charge on any atom is 0.321 e. The predicted octanol–water partition coefficient (Wildman–Crippen LogP) is -0.393. The molecular formula is C14H21N3O6S2. The van der Waals surface area contributed by atoms with Gasteiger partial charge in [0.1, 0.15) is 12.1 Å². The number of aliphatic carboxylic acids is 2. The second kappa shape index (κ2) is 9.73. The first-order chi connectivity index (χ1) is 11.7. The fourth-order valence-electron chi connectivity index (χ4n) is 1.78. The van der Waals surface area contributed by atoms with E-state index in [1.54, 1.807) is 6.07 Å². The largest absolute Gasteiger partial charge is 0.503 e. The van der Waals surface area contributed by atoms with Crippen LogP contribution in [0, 0.1) is 0 Å². The number of phenolic OH excluding ortho intramolecular Hbond substituents is 2. The van der Waals surface area contributed by atoms with Gasteiger partial charge in [-0.05, 0) is 24.6 Å². The quantitative estimate of drug-likeness (QED) is 0.203. The van der Waals surface area contributed by atoms with Crippen molar-refractivity contribution < 1.29 is 30.0 Å². The first kappa shape index (κ1) is 21.4. The zero-order valence-electron chi connectivity index (χ0n) is 13.2. The molecule has 140 valence electrons. The number of carboxylic acid groups (broad SMARTS) is 2. The third kappa shape index (κ3) is 5.97. The minimum atomic E-state index is -1.17. The zero-order valence-corrected chi connectivity index (χ0v) is 14.8. The van der Waals surface area contributed by atoms with Gasteiger partial charge in [-0.2, -0.15) is 0 Å². The summed E-state index contributed by atoms with van der Waals surface area (Å²) in [5.41, 5.74) is 17.0. The molecule has 0 amide bonds. The maximum atomic E-state index is 10.8. The number of carboxylic acids is 2. The Morgan fingerprint density at radius 2 is 1.52 bits per heavy atom. The van der Waals surface area contributed by atoms with E-state index in [1.165, 1.54) is 0 Å². The van der Waals surface area contributed by atoms with Crippen LogP contribution in [0.1, 0.15) is 5.56 Å². The van der Waals surface area contributed by atoms with Crippen LogP contribution in [0.25, 0.3) is 0 Å². The van der Waals surface area contributed by atoms with Crippen molar-refractivity contribution in [2.24, 2.45) is 17.2 Å². The molecule has 0 radical (unpaired) electrons. The number of thioether (sulfide) groups is 2. The lowest BCUT2D eigenvalue weighted by atomic mass is 10.1. The van der Waals surface area contributed by atoms with Crippen LogP contribution in [-0.2, 0) is 16.0 Å². The van der Waals surface area contributed by atoms with Gasteiger partial charge in [-0.15, -0.1) is 23.5 Å². The Kier molecular flexibility index (Phi) is 8.32. The van der Waals surface area contributed by atoms with Gasteiger partial charge in [0.05, 0.1) is 9.79 Å². The molecule has 0 aromatic heterocycles. The van der Waals surface area contributed by atoms with Crippen LogP contribution < -0.4 is 17.2 Å². The van der Waals surface area contributed by atoms with E-state index in [9.17, 15) is 19.8 Å². The average Bonchev–Trinajstić information content (AvgIpc) is 2.55. The van der Waals surface area contributed by atoms with Gasteiger partial charge >= 0.3 is 11.9 Å². The highest BCUT2D eigenvalue weighted by molar-refractivity contribution is 8.00. The smallest absolute Gasteiger partial charge is 0.321 e. The van der Waals surface area contributed by atoms with Gasteiger partial charge in [0.15, 0.2) is 11.5 Å². The van der Waals surface area contributed by atoms with Crippen molar-refractivity contribution in [1.82, 2.24) is 0 Å². The molecule has 0 spiro atoms. The van der Waals surface area contributed by atoms with Crippen LogP contribution in [0.3, 0.4) is 0 Å². The summed E-state index contributed by atoms with van der Waals surface area (Å²) in [5, 5.41) is 38.0. The number of nitrogens with two attached hydrogens (primary N) is 3. The molecule has 0 fully saturated rings. The van der Waals surface area contributed by atoms with Crippen molar-refractivity contribution in [3.63, 3.8) is 0 Å². The third-order valence-electron chi connectivity index (χ3n) is 3.14. The van der Waals surface area contributed by atoms with Gasteiger partial charge in [0, 0.05) is 11.5 Å². The molecule has 9 nitrogen and oxygen atoms in total. The van der Waals surface area contributed by atoms with Gasteiger partial charge in [-0.1, -0.05) is 0 Å². The van der Waals surface area contributed by atoms with Crippen molar-refractivity contribution in [2.45, 2.75) is 28.3 Å². The highest BCUT2D eigenvalue weighted by atomic mass is 32.2. The zero-order chi connectivity index (χ0) is 19.1. The molecule has 0 heterocycles. The van der Waals surface area contributed by atoms with Crippen LogP contribution >= 0.6 is 23.5 Å². The minimum Gasteiger partial charge on any atom is -0.503 e. The summed E-state index contributed by atoms with van der Waals surface area (Å²) in [6.45, 7) is 0.265. The Labute approximate surface area is 152 Å². The summed E-state index contributed by atoms with van der Waals surface area (Å²) in [4.78, 5) is 22.1. The van der Waals surface area contributed by atoms with Crippen LogP contribution in [0.2, 0.25) is 0 Å². The minimum absolute atomic E-state index is 0.000770. The van der Waals surface area contributed by atoms with Crippen molar-refractivity contribution in [3.05, 3.63) is 11.6 Å². The summed E-state index contributed by atoms with van der Waals surface area (Å²) >= 11 is 1.99. The Balaban J connectivity index is 3.07. The molecule has 0 aliphatic rings. The molecule has 0 bridgehead atoms. The highest BCUT2D eigenvalue weighted by Gasteiger charge is 2.21. The van der Waals surface area contributed by atoms with Gasteiger partial charge in [0.2, 0.25) is 0 Å². The van der Waals surface area contributed by atoms with Crippen molar-refractivity contribution in [2.75, 3.05) is 18.1 Å². The van der Waals surface area contributed by atoms with Gasteiger partial charge in [-0.25, -0.2) is 0 Å². The third-order valence-corrected chi connectivity index (χ3v) is 5.56. The Morgan fingerprint density at radius 1 is 1.00 bits per heavy atom. The van der Waals surface area contributed by atoms with E-state index in [4.69, 9.17) is 27.4 Å². The van der Waals surface area contributed by atoms with E-state index >= 15 is 0 Å². The van der Waals surface area contributed by atoms with Crippen LogP contribution in [0.5, 0.6) is 11.5 Å². The number of rotatable bonds is 10. The second-order valence-electron chi connectivity index (χ2n) is 5.11. The van der Waals surface area contributed by atoms with E-state index < -0.39 is 35.5 Å². The molecule has 0 saturated heterocycles. The lowest BCUT2D eigenvalue weighted by Crippen LogP contribution is -2.32.